The number of esters is 1. The molecule has 1 heterocycles. The van der Waals surface area contributed by atoms with Crippen LogP contribution in [0.2, 0.25) is 0 Å². The van der Waals surface area contributed by atoms with E-state index >= 15 is 0 Å². The average molecular weight is 586 g/mol. The van der Waals surface area contributed by atoms with Gasteiger partial charge >= 0.3 is 11.9 Å². The number of carbonyl (C=O) groups excluding carboxylic acids is 3. The van der Waals surface area contributed by atoms with Gasteiger partial charge in [-0.15, -0.1) is 0 Å². The molecule has 1 fully saturated rings. The molecule has 1 amide bonds. The van der Waals surface area contributed by atoms with Crippen molar-refractivity contribution in [3.63, 3.8) is 0 Å². The fraction of sp³-hybridized carbons (Fsp3) is 0.286. The van der Waals surface area contributed by atoms with E-state index in [0.717, 1.165) is 12.1 Å². The van der Waals surface area contributed by atoms with E-state index < -0.39 is 74.7 Å². The van der Waals surface area contributed by atoms with Crippen molar-refractivity contribution in [2.75, 3.05) is 11.5 Å². The second-order valence-electron chi connectivity index (χ2n) is 9.74. The van der Waals surface area contributed by atoms with Crippen LogP contribution in [0, 0.1) is 11.8 Å². The molecule has 2 aliphatic rings. The zero-order valence-electron chi connectivity index (χ0n) is 21.5. The number of ether oxygens (including phenoxy) is 1. The number of carbonyl (C=O) groups is 4. The number of aliphatic hydroxyl groups excluding tert-OH is 1. The Balaban J connectivity index is 1.53. The molecule has 4 atom stereocenters. The monoisotopic (exact) mass is 585 g/mol. The van der Waals surface area contributed by atoms with E-state index in [1.165, 1.54) is 48.6 Å². The molecule has 2 aromatic rings. The molecule has 4 rings (SSSR count). The summed E-state index contributed by atoms with van der Waals surface area (Å²) in [4.78, 5) is 50.4. The second kappa shape index (κ2) is 11.8. The van der Waals surface area contributed by atoms with Crippen LogP contribution in [0.3, 0.4) is 0 Å². The van der Waals surface area contributed by atoms with Gasteiger partial charge in [-0.1, -0.05) is 12.2 Å². The van der Waals surface area contributed by atoms with Crippen LogP contribution in [-0.4, -0.2) is 76.1 Å². The maximum absolute atomic E-state index is 13.0. The Morgan fingerprint density at radius 3 is 2.29 bits per heavy atom. The summed E-state index contributed by atoms with van der Waals surface area (Å²) >= 11 is 0. The van der Waals surface area contributed by atoms with E-state index in [-0.39, 0.29) is 41.0 Å². The Kier molecular flexibility index (Phi) is 8.47. The lowest BCUT2D eigenvalue weighted by molar-refractivity contribution is -0.141. The number of amides is 1. The first-order valence-electron chi connectivity index (χ1n) is 12.5. The zero-order valence-corrected chi connectivity index (χ0v) is 22.3. The number of ketones is 1. The standard InChI is InChI=1S/C28H27NO11S/c30-17-9-6-15(7-10-17)26(34)29-20-14-41(38,39)12-2-5-23(20)40-28(37)16-8-11-18(22(32)13-16)25(33)24-19(27(35)36)3-1-4-21(24)31/h1,3-4,6-11,13,19-20,23-24,30-32H,2,5,12,14H2,(H,29,34)(H,35,36)/t19?,20-,23?,24?/m1/s1. The number of hydrogen-bond donors (Lipinski definition) is 5. The van der Waals surface area contributed by atoms with Gasteiger partial charge in [-0.3, -0.25) is 14.4 Å². The summed E-state index contributed by atoms with van der Waals surface area (Å²) in [5.41, 5.74) is -0.361. The van der Waals surface area contributed by atoms with Gasteiger partial charge in [0.05, 0.1) is 40.5 Å². The number of carboxylic acid groups (broad SMARTS) is 1. The topological polar surface area (TPSA) is 205 Å². The first kappa shape index (κ1) is 29.3. The Hall–Kier alpha value is -4.65. The molecule has 41 heavy (non-hydrogen) atoms. The number of benzene rings is 2. The zero-order chi connectivity index (χ0) is 29.9. The van der Waals surface area contributed by atoms with Crippen LogP contribution < -0.4 is 5.32 Å². The molecule has 0 bridgehead atoms. The molecule has 0 aromatic heterocycles. The van der Waals surface area contributed by atoms with Crippen LogP contribution in [0.4, 0.5) is 0 Å². The number of carboxylic acids is 1. The first-order valence-corrected chi connectivity index (χ1v) is 14.4. The lowest BCUT2D eigenvalue weighted by Gasteiger charge is -2.26. The number of allylic oxidation sites excluding steroid dienone is 3. The number of aromatic hydroxyl groups is 2. The van der Waals surface area contributed by atoms with Crippen molar-refractivity contribution in [3.05, 3.63) is 83.1 Å². The first-order chi connectivity index (χ1) is 19.4. The van der Waals surface area contributed by atoms with Gasteiger partial charge in [0.25, 0.3) is 5.91 Å². The summed E-state index contributed by atoms with van der Waals surface area (Å²) in [6.07, 6.45) is 2.95. The molecule has 216 valence electrons. The van der Waals surface area contributed by atoms with Gasteiger partial charge in [0, 0.05) is 5.56 Å². The Morgan fingerprint density at radius 1 is 0.951 bits per heavy atom. The third-order valence-corrected chi connectivity index (χ3v) is 8.64. The third kappa shape index (κ3) is 6.74. The highest BCUT2D eigenvalue weighted by Crippen LogP contribution is 2.32. The third-order valence-electron chi connectivity index (χ3n) is 6.86. The number of aliphatic hydroxyl groups is 1. The van der Waals surface area contributed by atoms with Gasteiger partial charge in [-0.25, -0.2) is 13.2 Å². The van der Waals surface area contributed by atoms with Crippen molar-refractivity contribution in [3.8, 4) is 11.5 Å². The normalized spacial score (nSPS) is 23.5. The summed E-state index contributed by atoms with van der Waals surface area (Å²) < 4.78 is 30.5. The number of phenolic OH excluding ortho intramolecular Hbond substituents is 2. The number of Topliss-reactive ketones (excluding diaryl/α,β-unsaturated/α-hetero) is 1. The van der Waals surface area contributed by atoms with Gasteiger partial charge in [-0.2, -0.15) is 0 Å². The average Bonchev–Trinajstić information content (AvgIpc) is 3.05. The molecule has 1 saturated heterocycles. The van der Waals surface area contributed by atoms with Crippen LogP contribution in [-0.2, 0) is 19.4 Å². The molecule has 1 aliphatic carbocycles. The minimum absolute atomic E-state index is 0.0630. The van der Waals surface area contributed by atoms with Crippen LogP contribution >= 0.6 is 0 Å². The van der Waals surface area contributed by atoms with Gasteiger partial charge < -0.3 is 30.5 Å². The highest BCUT2D eigenvalue weighted by molar-refractivity contribution is 7.91. The maximum Gasteiger partial charge on any atom is 0.338 e. The molecule has 0 saturated carbocycles. The number of hydrogen-bond acceptors (Lipinski definition) is 10. The van der Waals surface area contributed by atoms with Crippen molar-refractivity contribution in [1.29, 1.82) is 0 Å². The fourth-order valence-corrected chi connectivity index (χ4v) is 6.36. The smallest absolute Gasteiger partial charge is 0.338 e. The van der Waals surface area contributed by atoms with Gasteiger partial charge in [0.2, 0.25) is 0 Å². The predicted octanol–water partition coefficient (Wildman–Crippen LogP) is 2.14. The van der Waals surface area contributed by atoms with Crippen LogP contribution in [0.15, 0.2) is 66.5 Å². The Morgan fingerprint density at radius 2 is 1.63 bits per heavy atom. The lowest BCUT2D eigenvalue weighted by Crippen LogP contribution is -2.48. The molecular weight excluding hydrogens is 558 g/mol. The van der Waals surface area contributed by atoms with Gasteiger partial charge in [0.1, 0.15) is 23.4 Å². The van der Waals surface area contributed by atoms with E-state index in [1.54, 1.807) is 0 Å². The largest absolute Gasteiger partial charge is 0.512 e. The molecule has 3 unspecified atom stereocenters. The number of sulfone groups is 1. The predicted molar refractivity (Wildman–Crippen MR) is 143 cm³/mol. The molecular formula is C28H27NO11S. The van der Waals surface area contributed by atoms with E-state index in [0.29, 0.717) is 0 Å². The van der Waals surface area contributed by atoms with Crippen LogP contribution in [0.1, 0.15) is 43.9 Å². The maximum atomic E-state index is 13.0. The van der Waals surface area contributed by atoms with E-state index in [4.69, 9.17) is 4.74 Å². The van der Waals surface area contributed by atoms with Crippen molar-refractivity contribution < 1.29 is 52.8 Å². The Labute approximate surface area is 234 Å². The van der Waals surface area contributed by atoms with Crippen molar-refractivity contribution in [2.24, 2.45) is 11.8 Å². The van der Waals surface area contributed by atoms with Crippen molar-refractivity contribution in [2.45, 2.75) is 25.0 Å². The van der Waals surface area contributed by atoms with Crippen molar-refractivity contribution in [1.82, 2.24) is 5.32 Å². The molecule has 1 aliphatic heterocycles. The lowest BCUT2D eigenvalue weighted by atomic mass is 9.81. The Bertz CT molecular complexity index is 1540. The molecule has 13 heteroatoms. The highest BCUT2D eigenvalue weighted by atomic mass is 32.2. The molecule has 2 aromatic carbocycles. The second-order valence-corrected chi connectivity index (χ2v) is 12.0. The molecule has 5 N–H and O–H groups in total. The minimum atomic E-state index is -3.58. The van der Waals surface area contributed by atoms with E-state index in [2.05, 4.69) is 5.32 Å². The fourth-order valence-electron chi connectivity index (χ4n) is 4.74. The molecule has 0 radical (unpaired) electrons. The van der Waals surface area contributed by atoms with Gasteiger partial charge in [0.15, 0.2) is 15.6 Å². The quantitative estimate of drug-likeness (QED) is 0.235. The van der Waals surface area contributed by atoms with Crippen molar-refractivity contribution >= 4 is 33.5 Å². The summed E-state index contributed by atoms with van der Waals surface area (Å²) in [6.45, 7) is 0. The molecule has 0 spiro atoms. The summed E-state index contributed by atoms with van der Waals surface area (Å²) in [6, 6.07) is 7.40. The number of nitrogens with one attached hydrogen (secondary N) is 1. The number of phenols is 2. The highest BCUT2D eigenvalue weighted by Gasteiger charge is 2.38. The number of rotatable bonds is 7. The number of aliphatic carboxylic acids is 1. The summed E-state index contributed by atoms with van der Waals surface area (Å²) in [5, 5.41) is 42.2. The minimum Gasteiger partial charge on any atom is -0.512 e. The molecule has 12 nitrogen and oxygen atoms in total. The SMILES string of the molecule is O=C(N[C@@H]1CS(=O)(=O)CCCC1OC(=O)c1ccc(C(=O)C2C(O)=CC=CC2C(=O)O)c(O)c1)c1ccc(O)cc1. The van der Waals surface area contributed by atoms with E-state index in [9.17, 15) is 48.0 Å². The van der Waals surface area contributed by atoms with Crippen LogP contribution in [0.5, 0.6) is 11.5 Å². The van der Waals surface area contributed by atoms with E-state index in [1.807, 2.05) is 0 Å². The summed E-state index contributed by atoms with van der Waals surface area (Å²) in [7, 11) is -3.58. The van der Waals surface area contributed by atoms with Crippen LogP contribution in [0.25, 0.3) is 0 Å². The van der Waals surface area contributed by atoms with Gasteiger partial charge in [-0.05, 0) is 61.4 Å². The summed E-state index contributed by atoms with van der Waals surface area (Å²) in [5.74, 6) is -8.52.